The van der Waals surface area contributed by atoms with Crippen LogP contribution in [0.1, 0.15) is 20.3 Å². The Morgan fingerprint density at radius 2 is 2.44 bits per heavy atom. The summed E-state index contributed by atoms with van der Waals surface area (Å²) in [6.07, 6.45) is 1.15. The molecule has 0 saturated carbocycles. The van der Waals surface area contributed by atoms with Crippen molar-refractivity contribution < 1.29 is 0 Å². The zero-order valence-electron chi connectivity index (χ0n) is 6.28. The first-order chi connectivity index (χ1) is 4.27. The summed E-state index contributed by atoms with van der Waals surface area (Å²) in [5.41, 5.74) is 0.234. The third kappa shape index (κ3) is 1.66. The molecule has 1 aliphatic heterocycles. The minimum absolute atomic E-state index is 0.234. The zero-order chi connectivity index (χ0) is 6.74. The molecule has 2 nitrogen and oxygen atoms in total. The lowest BCUT2D eigenvalue weighted by Crippen LogP contribution is -2.52. The summed E-state index contributed by atoms with van der Waals surface area (Å²) in [7, 11) is 0. The lowest BCUT2D eigenvalue weighted by atomic mass is 9.97. The van der Waals surface area contributed by atoms with Crippen molar-refractivity contribution >= 4 is 0 Å². The molecule has 1 rings (SSSR count). The van der Waals surface area contributed by atoms with Gasteiger partial charge in [0.2, 0.25) is 0 Å². The molecule has 0 aromatic heterocycles. The van der Waals surface area contributed by atoms with Gasteiger partial charge in [0.1, 0.15) is 0 Å². The van der Waals surface area contributed by atoms with Crippen molar-refractivity contribution in [1.82, 2.24) is 10.6 Å². The molecule has 53 valence electrons. The van der Waals surface area contributed by atoms with Crippen LogP contribution in [0.2, 0.25) is 0 Å². The van der Waals surface area contributed by atoms with Gasteiger partial charge in [-0.3, -0.25) is 0 Å². The van der Waals surface area contributed by atoms with Gasteiger partial charge in [-0.15, -0.1) is 0 Å². The van der Waals surface area contributed by atoms with Crippen LogP contribution in [0.4, 0.5) is 0 Å². The van der Waals surface area contributed by atoms with Gasteiger partial charge in [-0.2, -0.15) is 0 Å². The highest BCUT2D eigenvalue weighted by atomic mass is 15.1. The van der Waals surface area contributed by atoms with E-state index in [1.807, 2.05) is 0 Å². The predicted octanol–water partition coefficient (Wildman–Crippen LogP) is 0.363. The van der Waals surface area contributed by atoms with E-state index in [2.05, 4.69) is 24.5 Å². The Morgan fingerprint density at radius 1 is 1.67 bits per heavy atom. The van der Waals surface area contributed by atoms with Gasteiger partial charge in [-0.1, -0.05) is 6.92 Å². The fourth-order valence-corrected chi connectivity index (χ4v) is 1.06. The second-order valence-electron chi connectivity index (χ2n) is 2.91. The molecule has 1 atom stereocenters. The Bertz CT molecular complexity index is 84.9. The van der Waals surface area contributed by atoms with Crippen molar-refractivity contribution in [1.29, 1.82) is 0 Å². The highest BCUT2D eigenvalue weighted by Gasteiger charge is 2.24. The van der Waals surface area contributed by atoms with Crippen LogP contribution in [0.3, 0.4) is 0 Å². The summed E-state index contributed by atoms with van der Waals surface area (Å²) in [6.45, 7) is 7.51. The number of rotatable bonds is 1. The molecule has 0 bridgehead atoms. The van der Waals surface area contributed by atoms with E-state index in [0.717, 1.165) is 26.1 Å². The van der Waals surface area contributed by atoms with E-state index in [0.29, 0.717) is 0 Å². The SMILES string of the molecule is CCC1(C)CNCC[N]1. The second-order valence-corrected chi connectivity index (χ2v) is 2.91. The standard InChI is InChI=1S/C7H15N2/c1-3-7(2)6-8-4-5-9-7/h8H,3-6H2,1-2H3. The van der Waals surface area contributed by atoms with E-state index < -0.39 is 0 Å². The highest BCUT2D eigenvalue weighted by Crippen LogP contribution is 2.10. The Morgan fingerprint density at radius 3 is 2.78 bits per heavy atom. The van der Waals surface area contributed by atoms with Crippen molar-refractivity contribution in [3.63, 3.8) is 0 Å². The van der Waals surface area contributed by atoms with Crippen LogP contribution in [0.5, 0.6) is 0 Å². The number of nitrogens with one attached hydrogen (secondary N) is 1. The van der Waals surface area contributed by atoms with E-state index in [9.17, 15) is 0 Å². The van der Waals surface area contributed by atoms with Gasteiger partial charge in [0.25, 0.3) is 0 Å². The van der Waals surface area contributed by atoms with Crippen LogP contribution in [0, 0.1) is 0 Å². The van der Waals surface area contributed by atoms with Gasteiger partial charge in [0.05, 0.1) is 0 Å². The summed E-state index contributed by atoms with van der Waals surface area (Å²) in [6, 6.07) is 0. The molecule has 9 heavy (non-hydrogen) atoms. The number of piperazine rings is 1. The molecule has 1 radical (unpaired) electrons. The summed E-state index contributed by atoms with van der Waals surface area (Å²) < 4.78 is 0. The minimum atomic E-state index is 0.234. The Kier molecular flexibility index (Phi) is 2.09. The Balaban J connectivity index is 2.37. The van der Waals surface area contributed by atoms with Gasteiger partial charge in [-0.25, -0.2) is 5.32 Å². The smallest absolute Gasteiger partial charge is 0.0450 e. The molecule has 1 fully saturated rings. The van der Waals surface area contributed by atoms with Crippen LogP contribution >= 0.6 is 0 Å². The van der Waals surface area contributed by atoms with Gasteiger partial charge in [0, 0.05) is 25.2 Å². The minimum Gasteiger partial charge on any atom is -0.314 e. The fraction of sp³-hybridized carbons (Fsp3) is 1.00. The zero-order valence-corrected chi connectivity index (χ0v) is 6.28. The third-order valence-electron chi connectivity index (χ3n) is 2.05. The van der Waals surface area contributed by atoms with E-state index in [1.165, 1.54) is 0 Å². The number of hydrogen-bond acceptors (Lipinski definition) is 1. The molecule has 0 aromatic carbocycles. The van der Waals surface area contributed by atoms with Crippen molar-refractivity contribution in [3.8, 4) is 0 Å². The van der Waals surface area contributed by atoms with E-state index in [4.69, 9.17) is 0 Å². The van der Waals surface area contributed by atoms with E-state index in [-0.39, 0.29) is 5.54 Å². The van der Waals surface area contributed by atoms with Crippen LogP contribution in [0.15, 0.2) is 0 Å². The van der Waals surface area contributed by atoms with Gasteiger partial charge >= 0.3 is 0 Å². The largest absolute Gasteiger partial charge is 0.314 e. The molecule has 0 spiro atoms. The molecule has 1 aliphatic rings. The van der Waals surface area contributed by atoms with Crippen molar-refractivity contribution in [3.05, 3.63) is 0 Å². The topological polar surface area (TPSA) is 26.1 Å². The molecule has 1 saturated heterocycles. The molecular formula is C7H15N2. The first kappa shape index (κ1) is 7.03. The molecule has 1 N–H and O–H groups in total. The average Bonchev–Trinajstić information content (AvgIpc) is 1.90. The van der Waals surface area contributed by atoms with Gasteiger partial charge in [-0.05, 0) is 13.3 Å². The highest BCUT2D eigenvalue weighted by molar-refractivity contribution is 4.86. The fourth-order valence-electron chi connectivity index (χ4n) is 1.06. The van der Waals surface area contributed by atoms with Gasteiger partial charge < -0.3 is 5.32 Å². The summed E-state index contributed by atoms with van der Waals surface area (Å²) in [5.74, 6) is 0. The number of hydrogen-bond donors (Lipinski definition) is 1. The maximum absolute atomic E-state index is 4.52. The maximum Gasteiger partial charge on any atom is 0.0450 e. The normalized spacial score (nSPS) is 36.7. The van der Waals surface area contributed by atoms with Crippen molar-refractivity contribution in [2.75, 3.05) is 19.6 Å². The monoisotopic (exact) mass is 127 g/mol. The molecule has 1 heterocycles. The predicted molar refractivity (Wildman–Crippen MR) is 38.6 cm³/mol. The average molecular weight is 127 g/mol. The molecule has 0 aromatic rings. The van der Waals surface area contributed by atoms with Crippen molar-refractivity contribution in [2.45, 2.75) is 25.8 Å². The van der Waals surface area contributed by atoms with Crippen LogP contribution in [0.25, 0.3) is 0 Å². The first-order valence-electron chi connectivity index (χ1n) is 3.66. The number of nitrogens with zero attached hydrogens (tertiary/aromatic N) is 1. The Labute approximate surface area is 57.0 Å². The van der Waals surface area contributed by atoms with Crippen LogP contribution in [-0.4, -0.2) is 25.2 Å². The van der Waals surface area contributed by atoms with E-state index in [1.54, 1.807) is 0 Å². The summed E-state index contributed by atoms with van der Waals surface area (Å²) in [5, 5.41) is 7.85. The summed E-state index contributed by atoms with van der Waals surface area (Å²) in [4.78, 5) is 0. The lowest BCUT2D eigenvalue weighted by Gasteiger charge is -2.32. The third-order valence-corrected chi connectivity index (χ3v) is 2.05. The first-order valence-corrected chi connectivity index (χ1v) is 3.66. The molecule has 0 aliphatic carbocycles. The quantitative estimate of drug-likeness (QED) is 0.541. The van der Waals surface area contributed by atoms with Crippen LogP contribution in [-0.2, 0) is 0 Å². The van der Waals surface area contributed by atoms with Gasteiger partial charge in [0.15, 0.2) is 0 Å². The van der Waals surface area contributed by atoms with Crippen molar-refractivity contribution in [2.24, 2.45) is 0 Å². The molecule has 1 unspecified atom stereocenters. The van der Waals surface area contributed by atoms with Crippen LogP contribution < -0.4 is 10.6 Å². The lowest BCUT2D eigenvalue weighted by molar-refractivity contribution is 0.280. The Hall–Kier alpha value is -0.0800. The maximum atomic E-state index is 4.52. The van der Waals surface area contributed by atoms with E-state index >= 15 is 0 Å². The molecular weight excluding hydrogens is 112 g/mol. The molecule has 0 amide bonds. The summed E-state index contributed by atoms with van der Waals surface area (Å²) >= 11 is 0. The molecule has 2 heteroatoms. The second kappa shape index (κ2) is 2.67.